The van der Waals surface area contributed by atoms with Crippen LogP contribution in [0.4, 0.5) is 0 Å². The molecule has 3 nitrogen and oxygen atoms in total. The molecule has 92 valence electrons. The molecule has 0 bridgehead atoms. The van der Waals surface area contributed by atoms with Crippen molar-refractivity contribution in [2.75, 3.05) is 0 Å². The molecule has 3 heteroatoms. The van der Waals surface area contributed by atoms with Crippen LogP contribution >= 0.6 is 0 Å². The van der Waals surface area contributed by atoms with Gasteiger partial charge >= 0.3 is 0 Å². The molecule has 0 fully saturated rings. The van der Waals surface area contributed by atoms with Crippen LogP contribution in [0, 0.1) is 0 Å². The average molecular weight is 247 g/mol. The van der Waals surface area contributed by atoms with Crippen molar-refractivity contribution in [3.63, 3.8) is 0 Å². The van der Waals surface area contributed by atoms with Crippen LogP contribution in [0.1, 0.15) is 0 Å². The van der Waals surface area contributed by atoms with E-state index in [1.54, 1.807) is 18.5 Å². The predicted octanol–water partition coefficient (Wildman–Crippen LogP) is 3.80. The molecule has 0 amide bonds. The minimum atomic E-state index is 1.21. The van der Waals surface area contributed by atoms with Gasteiger partial charge < -0.3 is 4.98 Å². The summed E-state index contributed by atoms with van der Waals surface area (Å²) in [6, 6.07) is 18.5. The van der Waals surface area contributed by atoms with Gasteiger partial charge in [-0.15, -0.1) is 0 Å². The number of aromatic amines is 1. The number of H-pyrrole nitrogens is 1. The van der Waals surface area contributed by atoms with Gasteiger partial charge in [-0.05, 0) is 18.2 Å². The van der Waals surface area contributed by atoms with Crippen LogP contribution in [0.3, 0.4) is 0 Å². The summed E-state index contributed by atoms with van der Waals surface area (Å²) in [5, 5.41) is 2.61. The fourth-order valence-electron chi connectivity index (χ4n) is 2.05. The number of rotatable bonds is 0. The molecule has 1 N–H and O–H groups in total. The lowest BCUT2D eigenvalue weighted by atomic mass is 10.2. The Kier molecular flexibility index (Phi) is 3.19. The number of hydrogen-bond acceptors (Lipinski definition) is 2. The second-order valence-corrected chi connectivity index (χ2v) is 4.12. The van der Waals surface area contributed by atoms with Crippen molar-refractivity contribution >= 4 is 21.8 Å². The number of aromatic nitrogens is 3. The molecule has 0 radical (unpaired) electrons. The molecule has 0 saturated heterocycles. The summed E-state index contributed by atoms with van der Waals surface area (Å²) >= 11 is 0. The Hall–Kier alpha value is -2.68. The van der Waals surface area contributed by atoms with E-state index in [1.807, 2.05) is 0 Å². The molecule has 2 heterocycles. The molecule has 0 aliphatic rings. The van der Waals surface area contributed by atoms with Crippen molar-refractivity contribution in [2.45, 2.75) is 0 Å². The summed E-state index contributed by atoms with van der Waals surface area (Å²) in [5.41, 5.74) is 2.42. The molecule has 2 aromatic heterocycles. The Morgan fingerprint density at radius 2 is 1.16 bits per heavy atom. The molecule has 0 atom stereocenters. The first-order valence-corrected chi connectivity index (χ1v) is 6.10. The van der Waals surface area contributed by atoms with Crippen LogP contribution in [0.2, 0.25) is 0 Å². The summed E-state index contributed by atoms with van der Waals surface area (Å²) in [7, 11) is 0. The number of nitrogens with zero attached hydrogens (tertiary/aromatic N) is 2. The van der Waals surface area contributed by atoms with Gasteiger partial charge in [0, 0.05) is 34.2 Å². The van der Waals surface area contributed by atoms with E-state index >= 15 is 0 Å². The number of para-hydroxylation sites is 2. The van der Waals surface area contributed by atoms with E-state index in [4.69, 9.17) is 0 Å². The monoisotopic (exact) mass is 247 g/mol. The first kappa shape index (κ1) is 11.4. The SMILES string of the molecule is c1ccc2c(c1)[nH]c1ccccc12.c1cncnc1. The highest BCUT2D eigenvalue weighted by Crippen LogP contribution is 2.24. The van der Waals surface area contributed by atoms with E-state index in [0.29, 0.717) is 0 Å². The molecule has 4 rings (SSSR count). The van der Waals surface area contributed by atoms with Crippen LogP contribution in [-0.2, 0) is 0 Å². The highest BCUT2D eigenvalue weighted by Gasteiger charge is 2.00. The number of nitrogens with one attached hydrogen (secondary N) is 1. The molecule has 0 spiro atoms. The van der Waals surface area contributed by atoms with Gasteiger partial charge in [0.15, 0.2) is 0 Å². The van der Waals surface area contributed by atoms with Gasteiger partial charge in [0.05, 0.1) is 0 Å². The standard InChI is InChI=1S/C12H9N.C4H4N2/c1-3-7-11-9(5-1)10-6-2-4-8-12(10)13-11;1-2-5-4-6-3-1/h1-8,13H;1-4H. The summed E-state index contributed by atoms with van der Waals surface area (Å²) in [6.07, 6.45) is 4.88. The molecule has 0 unspecified atom stereocenters. The van der Waals surface area contributed by atoms with Gasteiger partial charge in [-0.25, -0.2) is 9.97 Å². The van der Waals surface area contributed by atoms with E-state index in [2.05, 4.69) is 63.5 Å². The number of hydrogen-bond donors (Lipinski definition) is 1. The van der Waals surface area contributed by atoms with Gasteiger partial charge in [-0.2, -0.15) is 0 Å². The highest BCUT2D eigenvalue weighted by atomic mass is 14.8. The van der Waals surface area contributed by atoms with Crippen LogP contribution in [0.15, 0.2) is 73.3 Å². The Morgan fingerprint density at radius 1 is 0.632 bits per heavy atom. The predicted molar refractivity (Wildman–Crippen MR) is 77.8 cm³/mol. The fourth-order valence-corrected chi connectivity index (χ4v) is 2.05. The average Bonchev–Trinajstić information content (AvgIpc) is 2.88. The molecule has 0 saturated carbocycles. The van der Waals surface area contributed by atoms with Gasteiger partial charge in [0.1, 0.15) is 6.33 Å². The maximum atomic E-state index is 3.67. The third-order valence-electron chi connectivity index (χ3n) is 2.89. The number of fused-ring (bicyclic) bond motifs is 3. The summed E-state index contributed by atoms with van der Waals surface area (Å²) in [4.78, 5) is 10.7. The van der Waals surface area contributed by atoms with Crippen molar-refractivity contribution in [3.05, 3.63) is 73.3 Å². The van der Waals surface area contributed by atoms with E-state index in [1.165, 1.54) is 28.1 Å². The zero-order valence-corrected chi connectivity index (χ0v) is 10.3. The Balaban J connectivity index is 0.000000155. The van der Waals surface area contributed by atoms with Crippen molar-refractivity contribution in [2.24, 2.45) is 0 Å². The van der Waals surface area contributed by atoms with Gasteiger partial charge in [-0.3, -0.25) is 0 Å². The summed E-state index contributed by atoms with van der Waals surface area (Å²) in [5.74, 6) is 0. The lowest BCUT2D eigenvalue weighted by molar-refractivity contribution is 1.17. The molecule has 4 aromatic rings. The lowest BCUT2D eigenvalue weighted by Gasteiger charge is -1.87. The highest BCUT2D eigenvalue weighted by molar-refractivity contribution is 6.06. The molecule has 2 aromatic carbocycles. The Morgan fingerprint density at radius 3 is 1.58 bits per heavy atom. The zero-order chi connectivity index (χ0) is 12.9. The van der Waals surface area contributed by atoms with Crippen molar-refractivity contribution < 1.29 is 0 Å². The minimum absolute atomic E-state index is 1.21. The summed E-state index contributed by atoms with van der Waals surface area (Å²) in [6.45, 7) is 0. The van der Waals surface area contributed by atoms with Gasteiger partial charge in [0.25, 0.3) is 0 Å². The smallest absolute Gasteiger partial charge is 0.115 e. The molecular formula is C16H13N3. The minimum Gasteiger partial charge on any atom is -0.355 e. The third kappa shape index (κ3) is 2.45. The third-order valence-corrected chi connectivity index (χ3v) is 2.89. The van der Waals surface area contributed by atoms with E-state index in [9.17, 15) is 0 Å². The van der Waals surface area contributed by atoms with Gasteiger partial charge in [0.2, 0.25) is 0 Å². The van der Waals surface area contributed by atoms with Crippen LogP contribution < -0.4 is 0 Å². The maximum Gasteiger partial charge on any atom is 0.115 e. The molecular weight excluding hydrogens is 234 g/mol. The normalized spacial score (nSPS) is 10.1. The molecule has 0 aliphatic heterocycles. The van der Waals surface area contributed by atoms with Crippen LogP contribution in [-0.4, -0.2) is 15.0 Å². The van der Waals surface area contributed by atoms with Crippen molar-refractivity contribution in [3.8, 4) is 0 Å². The lowest BCUT2D eigenvalue weighted by Crippen LogP contribution is -1.66. The maximum absolute atomic E-state index is 3.67. The first-order chi connectivity index (χ1) is 9.45. The zero-order valence-electron chi connectivity index (χ0n) is 10.3. The second-order valence-electron chi connectivity index (χ2n) is 4.12. The quantitative estimate of drug-likeness (QED) is 0.513. The van der Waals surface area contributed by atoms with Crippen molar-refractivity contribution in [1.29, 1.82) is 0 Å². The Labute approximate surface area is 111 Å². The fraction of sp³-hybridized carbons (Fsp3) is 0. The van der Waals surface area contributed by atoms with E-state index in [0.717, 1.165) is 0 Å². The largest absolute Gasteiger partial charge is 0.355 e. The van der Waals surface area contributed by atoms with Gasteiger partial charge in [-0.1, -0.05) is 36.4 Å². The van der Waals surface area contributed by atoms with E-state index < -0.39 is 0 Å². The first-order valence-electron chi connectivity index (χ1n) is 6.10. The molecule has 19 heavy (non-hydrogen) atoms. The van der Waals surface area contributed by atoms with Crippen LogP contribution in [0.5, 0.6) is 0 Å². The Bertz CT molecular complexity index is 698. The second kappa shape index (κ2) is 5.31. The topological polar surface area (TPSA) is 41.6 Å². The van der Waals surface area contributed by atoms with E-state index in [-0.39, 0.29) is 0 Å². The number of benzene rings is 2. The van der Waals surface area contributed by atoms with Crippen LogP contribution in [0.25, 0.3) is 21.8 Å². The van der Waals surface area contributed by atoms with Crippen molar-refractivity contribution in [1.82, 2.24) is 15.0 Å². The summed E-state index contributed by atoms with van der Waals surface area (Å²) < 4.78 is 0. The molecule has 0 aliphatic carbocycles.